The fraction of sp³-hybridized carbons (Fsp3) is 0.571. The summed E-state index contributed by atoms with van der Waals surface area (Å²) in [6.07, 6.45) is 1.49. The van der Waals surface area contributed by atoms with Gasteiger partial charge in [0, 0.05) is 6.92 Å². The first-order valence-corrected chi connectivity index (χ1v) is 4.92. The molecule has 0 rings (SSSR count). The highest BCUT2D eigenvalue weighted by Gasteiger charge is 2.13. The van der Waals surface area contributed by atoms with E-state index in [1.807, 2.05) is 0 Å². The van der Waals surface area contributed by atoms with E-state index in [4.69, 9.17) is 4.52 Å². The zero-order valence-electron chi connectivity index (χ0n) is 7.20. The van der Waals surface area contributed by atoms with Gasteiger partial charge in [0.1, 0.15) is 0 Å². The summed E-state index contributed by atoms with van der Waals surface area (Å²) in [5.41, 5.74) is 0. The van der Waals surface area contributed by atoms with Crippen molar-refractivity contribution in [3.63, 3.8) is 0 Å². The van der Waals surface area contributed by atoms with E-state index in [1.165, 1.54) is 19.9 Å². The Labute approximate surface area is 72.4 Å². The van der Waals surface area contributed by atoms with Crippen molar-refractivity contribution in [2.24, 2.45) is 0 Å². The van der Waals surface area contributed by atoms with Gasteiger partial charge in [-0.25, -0.2) is 0 Å². The second-order valence-electron chi connectivity index (χ2n) is 2.17. The molecular formula is C7H13O4P. The SMILES string of the molecule is C=CCO[PH](=O)C(C)OC(C)=O. The maximum absolute atomic E-state index is 11.1. The van der Waals surface area contributed by atoms with Crippen molar-refractivity contribution < 1.29 is 18.6 Å². The molecular weight excluding hydrogens is 179 g/mol. The zero-order chi connectivity index (χ0) is 9.56. The molecule has 0 amide bonds. The largest absolute Gasteiger partial charge is 0.453 e. The van der Waals surface area contributed by atoms with Gasteiger partial charge in [-0.15, -0.1) is 6.58 Å². The van der Waals surface area contributed by atoms with Crippen LogP contribution in [0, 0.1) is 0 Å². The quantitative estimate of drug-likeness (QED) is 0.377. The molecule has 4 nitrogen and oxygen atoms in total. The first-order chi connectivity index (χ1) is 5.57. The number of ether oxygens (including phenoxy) is 1. The van der Waals surface area contributed by atoms with E-state index in [2.05, 4.69) is 11.3 Å². The molecule has 0 aromatic rings. The summed E-state index contributed by atoms with van der Waals surface area (Å²) in [6.45, 7) is 6.41. The normalized spacial score (nSPS) is 14.8. The van der Waals surface area contributed by atoms with Crippen LogP contribution in [0.1, 0.15) is 13.8 Å². The average Bonchev–Trinajstić information content (AvgIpc) is 1.98. The van der Waals surface area contributed by atoms with Gasteiger partial charge in [-0.1, -0.05) is 6.08 Å². The third kappa shape index (κ3) is 5.10. The average molecular weight is 192 g/mol. The van der Waals surface area contributed by atoms with E-state index in [1.54, 1.807) is 0 Å². The summed E-state index contributed by atoms with van der Waals surface area (Å²) in [6, 6.07) is 0. The highest BCUT2D eigenvalue weighted by Crippen LogP contribution is 2.29. The maximum Gasteiger partial charge on any atom is 0.303 e. The van der Waals surface area contributed by atoms with Crippen LogP contribution in [-0.2, 0) is 18.6 Å². The van der Waals surface area contributed by atoms with E-state index in [-0.39, 0.29) is 6.61 Å². The molecule has 5 heteroatoms. The molecule has 12 heavy (non-hydrogen) atoms. The van der Waals surface area contributed by atoms with Crippen LogP contribution in [0.25, 0.3) is 0 Å². The predicted octanol–water partition coefficient (Wildman–Crippen LogP) is 1.57. The molecule has 0 fully saturated rings. The Morgan fingerprint density at radius 3 is 2.75 bits per heavy atom. The number of esters is 1. The molecule has 0 aliphatic carbocycles. The van der Waals surface area contributed by atoms with E-state index >= 15 is 0 Å². The smallest absolute Gasteiger partial charge is 0.303 e. The van der Waals surface area contributed by atoms with Crippen molar-refractivity contribution in [2.45, 2.75) is 19.7 Å². The summed E-state index contributed by atoms with van der Waals surface area (Å²) in [4.78, 5) is 10.4. The lowest BCUT2D eigenvalue weighted by Gasteiger charge is -2.10. The van der Waals surface area contributed by atoms with Gasteiger partial charge < -0.3 is 9.26 Å². The van der Waals surface area contributed by atoms with Gasteiger partial charge in [0.25, 0.3) is 0 Å². The summed E-state index contributed by atoms with van der Waals surface area (Å²) in [7, 11) is -2.29. The Balaban J connectivity index is 3.76. The lowest BCUT2D eigenvalue weighted by atomic mass is 10.7. The minimum absolute atomic E-state index is 0.212. The van der Waals surface area contributed by atoms with Crippen molar-refractivity contribution in [3.8, 4) is 0 Å². The number of rotatable bonds is 5. The minimum Gasteiger partial charge on any atom is -0.453 e. The Hall–Kier alpha value is -0.600. The van der Waals surface area contributed by atoms with Crippen molar-refractivity contribution >= 4 is 14.0 Å². The summed E-state index contributed by atoms with van der Waals surface area (Å²) < 4.78 is 20.5. The molecule has 0 bridgehead atoms. The van der Waals surface area contributed by atoms with Crippen LogP contribution >= 0.6 is 8.03 Å². The van der Waals surface area contributed by atoms with Gasteiger partial charge in [-0.3, -0.25) is 9.36 Å². The molecule has 0 radical (unpaired) electrons. The van der Waals surface area contributed by atoms with E-state index in [9.17, 15) is 9.36 Å². The van der Waals surface area contributed by atoms with Crippen molar-refractivity contribution in [1.29, 1.82) is 0 Å². The fourth-order valence-electron chi connectivity index (χ4n) is 0.555. The Bertz CT molecular complexity index is 190. The molecule has 0 aromatic heterocycles. The van der Waals surface area contributed by atoms with Crippen LogP contribution in [0.4, 0.5) is 0 Å². The van der Waals surface area contributed by atoms with Gasteiger partial charge in [-0.05, 0) is 6.92 Å². The van der Waals surface area contributed by atoms with Gasteiger partial charge in [0.2, 0.25) is 8.03 Å². The van der Waals surface area contributed by atoms with Crippen LogP contribution in [0.2, 0.25) is 0 Å². The Morgan fingerprint density at radius 1 is 1.75 bits per heavy atom. The van der Waals surface area contributed by atoms with Crippen LogP contribution in [-0.4, -0.2) is 18.4 Å². The molecule has 0 aliphatic heterocycles. The first-order valence-electron chi connectivity index (χ1n) is 3.52. The standard InChI is InChI=1S/C7H13O4P/c1-4-5-10-12(9)7(3)11-6(2)8/h4,7,12H,1,5H2,2-3H3. The third-order valence-electron chi connectivity index (χ3n) is 1.02. The van der Waals surface area contributed by atoms with Crippen LogP contribution in [0.5, 0.6) is 0 Å². The molecule has 2 atom stereocenters. The third-order valence-corrected chi connectivity index (χ3v) is 2.25. The second-order valence-corrected chi connectivity index (χ2v) is 3.91. The number of carbonyl (C=O) groups excluding carboxylic acids is 1. The summed E-state index contributed by atoms with van der Waals surface area (Å²) in [5.74, 6) is -1.12. The fourth-order valence-corrected chi connectivity index (χ4v) is 1.33. The predicted molar refractivity (Wildman–Crippen MR) is 46.4 cm³/mol. The highest BCUT2D eigenvalue weighted by atomic mass is 31.1. The van der Waals surface area contributed by atoms with Crippen LogP contribution in [0.15, 0.2) is 12.7 Å². The van der Waals surface area contributed by atoms with E-state index in [0.29, 0.717) is 0 Å². The van der Waals surface area contributed by atoms with Gasteiger partial charge >= 0.3 is 5.97 Å². The van der Waals surface area contributed by atoms with Crippen molar-refractivity contribution in [3.05, 3.63) is 12.7 Å². The van der Waals surface area contributed by atoms with Gasteiger partial charge in [0.15, 0.2) is 5.85 Å². The summed E-state index contributed by atoms with van der Waals surface area (Å²) >= 11 is 0. The molecule has 0 aliphatic rings. The lowest BCUT2D eigenvalue weighted by Crippen LogP contribution is -2.08. The molecule has 0 aromatic carbocycles. The minimum atomic E-state index is -2.29. The van der Waals surface area contributed by atoms with Gasteiger partial charge in [0.05, 0.1) is 6.61 Å². The van der Waals surface area contributed by atoms with E-state index < -0.39 is 19.8 Å². The molecule has 0 N–H and O–H groups in total. The first kappa shape index (κ1) is 11.4. The molecule has 2 unspecified atom stereocenters. The van der Waals surface area contributed by atoms with E-state index in [0.717, 1.165) is 0 Å². The monoisotopic (exact) mass is 192 g/mol. The molecule has 0 saturated carbocycles. The zero-order valence-corrected chi connectivity index (χ0v) is 8.20. The Kier molecular flexibility index (Phi) is 5.68. The number of hydrogen-bond acceptors (Lipinski definition) is 4. The number of hydrogen-bond donors (Lipinski definition) is 0. The van der Waals surface area contributed by atoms with Crippen LogP contribution < -0.4 is 0 Å². The molecule has 0 saturated heterocycles. The van der Waals surface area contributed by atoms with Crippen LogP contribution in [0.3, 0.4) is 0 Å². The second kappa shape index (κ2) is 5.98. The van der Waals surface area contributed by atoms with Gasteiger partial charge in [-0.2, -0.15) is 0 Å². The molecule has 70 valence electrons. The maximum atomic E-state index is 11.1. The number of carbonyl (C=O) groups is 1. The highest BCUT2D eigenvalue weighted by molar-refractivity contribution is 7.39. The lowest BCUT2D eigenvalue weighted by molar-refractivity contribution is -0.142. The topological polar surface area (TPSA) is 52.6 Å². The summed E-state index contributed by atoms with van der Waals surface area (Å²) in [5, 5.41) is 0. The van der Waals surface area contributed by atoms with Crippen molar-refractivity contribution in [2.75, 3.05) is 6.61 Å². The van der Waals surface area contributed by atoms with Crippen molar-refractivity contribution in [1.82, 2.24) is 0 Å². The molecule has 0 heterocycles. The molecule has 0 spiro atoms. The Morgan fingerprint density at radius 2 is 2.33 bits per heavy atom.